The van der Waals surface area contributed by atoms with Crippen LogP contribution in [0.25, 0.3) is 0 Å². The van der Waals surface area contributed by atoms with Gasteiger partial charge >= 0.3 is 0 Å². The highest BCUT2D eigenvalue weighted by Gasteiger charge is 2.34. The highest BCUT2D eigenvalue weighted by Crippen LogP contribution is 2.33. The van der Waals surface area contributed by atoms with E-state index in [-0.39, 0.29) is 10.7 Å². The fourth-order valence-electron chi connectivity index (χ4n) is 2.58. The largest absolute Gasteiger partial charge is 0.342 e. The lowest BCUT2D eigenvalue weighted by atomic mass is 9.96. The van der Waals surface area contributed by atoms with Crippen molar-refractivity contribution in [3.8, 4) is 0 Å². The van der Waals surface area contributed by atoms with Crippen LogP contribution in [0.2, 0.25) is 0 Å². The molecule has 2 fully saturated rings. The Hall–Kier alpha value is -0.260. The molecule has 0 aromatic carbocycles. The molecular formula is C13H25N3OS. The van der Waals surface area contributed by atoms with E-state index < -0.39 is 0 Å². The van der Waals surface area contributed by atoms with E-state index in [2.05, 4.69) is 11.2 Å². The van der Waals surface area contributed by atoms with E-state index in [9.17, 15) is 4.79 Å². The van der Waals surface area contributed by atoms with Gasteiger partial charge in [-0.05, 0) is 31.9 Å². The van der Waals surface area contributed by atoms with Gasteiger partial charge in [0.05, 0.1) is 6.54 Å². The van der Waals surface area contributed by atoms with Crippen LogP contribution in [0.1, 0.15) is 25.7 Å². The Morgan fingerprint density at radius 2 is 2.06 bits per heavy atom. The molecule has 1 saturated carbocycles. The van der Waals surface area contributed by atoms with E-state index in [0.29, 0.717) is 12.6 Å². The van der Waals surface area contributed by atoms with Crippen molar-refractivity contribution in [2.45, 2.75) is 36.5 Å². The minimum Gasteiger partial charge on any atom is -0.342 e. The van der Waals surface area contributed by atoms with Crippen molar-refractivity contribution < 1.29 is 4.79 Å². The highest BCUT2D eigenvalue weighted by molar-refractivity contribution is 8.00. The number of piperidine rings is 1. The molecule has 0 spiro atoms. The summed E-state index contributed by atoms with van der Waals surface area (Å²) in [6, 6.07) is 0.525. The monoisotopic (exact) mass is 271 g/mol. The average molecular weight is 271 g/mol. The van der Waals surface area contributed by atoms with Gasteiger partial charge in [-0.3, -0.25) is 9.69 Å². The second-order valence-electron chi connectivity index (χ2n) is 5.60. The maximum absolute atomic E-state index is 12.0. The Morgan fingerprint density at radius 3 is 2.50 bits per heavy atom. The van der Waals surface area contributed by atoms with E-state index in [0.717, 1.165) is 32.5 Å². The number of nitrogens with two attached hydrogens (primary N) is 1. The average Bonchev–Trinajstić information content (AvgIpc) is 3.23. The Morgan fingerprint density at radius 1 is 1.44 bits per heavy atom. The van der Waals surface area contributed by atoms with Gasteiger partial charge in [-0.1, -0.05) is 0 Å². The lowest BCUT2D eigenvalue weighted by molar-refractivity contribution is -0.131. The third kappa shape index (κ3) is 3.19. The minimum absolute atomic E-state index is 0.252. The second kappa shape index (κ2) is 5.80. The molecular weight excluding hydrogens is 246 g/mol. The summed E-state index contributed by atoms with van der Waals surface area (Å²) in [6.45, 7) is 3.34. The summed E-state index contributed by atoms with van der Waals surface area (Å²) in [5, 5.41) is 0. The van der Waals surface area contributed by atoms with Gasteiger partial charge in [-0.25, -0.2) is 0 Å². The molecule has 2 aliphatic rings. The molecule has 2 rings (SSSR count). The van der Waals surface area contributed by atoms with E-state index in [4.69, 9.17) is 5.73 Å². The number of amides is 1. The third-order valence-corrected chi connectivity index (χ3v) is 5.86. The molecule has 0 unspecified atom stereocenters. The predicted octanol–water partition coefficient (Wildman–Crippen LogP) is 0.764. The first-order valence-electron chi connectivity index (χ1n) is 6.83. The van der Waals surface area contributed by atoms with Gasteiger partial charge in [0.1, 0.15) is 0 Å². The molecule has 0 aromatic heterocycles. The molecule has 5 heteroatoms. The van der Waals surface area contributed by atoms with Crippen LogP contribution >= 0.6 is 11.8 Å². The molecule has 1 saturated heterocycles. The quantitative estimate of drug-likeness (QED) is 0.802. The predicted molar refractivity (Wildman–Crippen MR) is 76.8 cm³/mol. The number of thioether (sulfide) groups is 1. The lowest BCUT2D eigenvalue weighted by Crippen LogP contribution is -2.49. The normalized spacial score (nSPS) is 23.9. The van der Waals surface area contributed by atoms with Crippen molar-refractivity contribution >= 4 is 17.7 Å². The SMILES string of the molecule is CSC1(CN)CCN(CC(=O)N(C)C2CC2)CC1. The minimum atomic E-state index is 0.252. The Labute approximate surface area is 114 Å². The summed E-state index contributed by atoms with van der Waals surface area (Å²) in [7, 11) is 1.94. The molecule has 0 atom stereocenters. The topological polar surface area (TPSA) is 49.6 Å². The summed E-state index contributed by atoms with van der Waals surface area (Å²) in [4.78, 5) is 16.3. The van der Waals surface area contributed by atoms with Crippen molar-refractivity contribution in [1.82, 2.24) is 9.80 Å². The van der Waals surface area contributed by atoms with Crippen molar-refractivity contribution in [3.63, 3.8) is 0 Å². The molecule has 1 heterocycles. The van der Waals surface area contributed by atoms with Gasteiger partial charge in [0.2, 0.25) is 5.91 Å². The zero-order chi connectivity index (χ0) is 13.2. The maximum Gasteiger partial charge on any atom is 0.236 e. The Kier molecular flexibility index (Phi) is 4.56. The van der Waals surface area contributed by atoms with Crippen LogP contribution in [0.5, 0.6) is 0 Å². The summed E-state index contributed by atoms with van der Waals surface area (Å²) >= 11 is 1.89. The molecule has 0 bridgehead atoms. The molecule has 0 radical (unpaired) electrons. The fraction of sp³-hybridized carbons (Fsp3) is 0.923. The summed E-state index contributed by atoms with van der Waals surface area (Å²) in [5.74, 6) is 0.280. The zero-order valence-corrected chi connectivity index (χ0v) is 12.3. The van der Waals surface area contributed by atoms with Gasteiger partial charge < -0.3 is 10.6 Å². The van der Waals surface area contributed by atoms with Gasteiger partial charge in [0.15, 0.2) is 0 Å². The fourth-order valence-corrected chi connectivity index (χ4v) is 3.34. The van der Waals surface area contributed by atoms with Crippen molar-refractivity contribution in [1.29, 1.82) is 0 Å². The summed E-state index contributed by atoms with van der Waals surface area (Å²) < 4.78 is 0.252. The van der Waals surface area contributed by atoms with Crippen LogP contribution in [0.15, 0.2) is 0 Å². The van der Waals surface area contributed by atoms with E-state index in [1.807, 2.05) is 23.7 Å². The van der Waals surface area contributed by atoms with Crippen LogP contribution < -0.4 is 5.73 Å². The van der Waals surface area contributed by atoms with Crippen molar-refractivity contribution in [2.75, 3.05) is 39.5 Å². The first-order chi connectivity index (χ1) is 8.60. The van der Waals surface area contributed by atoms with E-state index >= 15 is 0 Å². The Bertz CT molecular complexity index is 293. The maximum atomic E-state index is 12.0. The number of likely N-dealkylation sites (tertiary alicyclic amines) is 1. The molecule has 104 valence electrons. The summed E-state index contributed by atoms with van der Waals surface area (Å²) in [6.07, 6.45) is 6.72. The number of likely N-dealkylation sites (N-methyl/N-ethyl adjacent to an activating group) is 1. The van der Waals surface area contributed by atoms with Gasteiger partial charge in [-0.2, -0.15) is 11.8 Å². The van der Waals surface area contributed by atoms with Crippen LogP contribution in [0, 0.1) is 0 Å². The van der Waals surface area contributed by atoms with Crippen LogP contribution in [0.4, 0.5) is 0 Å². The number of nitrogens with zero attached hydrogens (tertiary/aromatic N) is 2. The smallest absolute Gasteiger partial charge is 0.236 e. The molecule has 18 heavy (non-hydrogen) atoms. The number of carbonyl (C=O) groups excluding carboxylic acids is 1. The number of hydrogen-bond donors (Lipinski definition) is 1. The van der Waals surface area contributed by atoms with Crippen LogP contribution in [-0.4, -0.2) is 66.0 Å². The van der Waals surface area contributed by atoms with Crippen LogP contribution in [-0.2, 0) is 4.79 Å². The zero-order valence-electron chi connectivity index (χ0n) is 11.5. The molecule has 1 amide bonds. The number of carbonyl (C=O) groups is 1. The van der Waals surface area contributed by atoms with Gasteiger partial charge in [0.25, 0.3) is 0 Å². The van der Waals surface area contributed by atoms with E-state index in [1.54, 1.807) is 0 Å². The first kappa shape index (κ1) is 14.2. The first-order valence-corrected chi connectivity index (χ1v) is 8.06. The number of hydrogen-bond acceptors (Lipinski definition) is 4. The molecule has 2 N–H and O–H groups in total. The third-order valence-electron chi connectivity index (χ3n) is 4.42. The van der Waals surface area contributed by atoms with Gasteiger partial charge in [0, 0.05) is 37.5 Å². The number of rotatable bonds is 5. The standard InChI is InChI=1S/C13H25N3OS/c1-15(11-3-4-11)12(17)9-16-7-5-13(10-14,18-2)6-8-16/h11H,3-10,14H2,1-2H3. The lowest BCUT2D eigenvalue weighted by Gasteiger charge is -2.40. The molecule has 4 nitrogen and oxygen atoms in total. The van der Waals surface area contributed by atoms with Crippen molar-refractivity contribution in [3.05, 3.63) is 0 Å². The summed E-state index contributed by atoms with van der Waals surface area (Å²) in [5.41, 5.74) is 5.88. The Balaban J connectivity index is 1.77. The van der Waals surface area contributed by atoms with Gasteiger partial charge in [-0.15, -0.1) is 0 Å². The highest BCUT2D eigenvalue weighted by atomic mass is 32.2. The van der Waals surface area contributed by atoms with Crippen LogP contribution in [0.3, 0.4) is 0 Å². The second-order valence-corrected chi connectivity index (χ2v) is 6.88. The van der Waals surface area contributed by atoms with Crippen molar-refractivity contribution in [2.24, 2.45) is 5.73 Å². The molecule has 1 aliphatic carbocycles. The molecule has 1 aliphatic heterocycles. The molecule has 0 aromatic rings. The van der Waals surface area contributed by atoms with E-state index in [1.165, 1.54) is 12.8 Å².